The molecule has 2 N–H and O–H groups in total. The zero-order valence-corrected chi connectivity index (χ0v) is 19.6. The molecule has 3 aliphatic heterocycles. The number of nitrogens with one attached hydrogen (secondary N) is 1. The van der Waals surface area contributed by atoms with Crippen LogP contribution in [0.15, 0.2) is 29.3 Å². The molecule has 0 bridgehead atoms. The Bertz CT molecular complexity index is 829. The standard InChI is InChI=1S/C24H37N5O3/c1-24(2,3)32-23(31)28-12-13-29-20(17-28)15-26-22(29)25-14-18-6-4-5-7-19(18)16-27-10-8-21(30)9-11-27/h4-7,20-21,30H,8-17H2,1-3H3,(H,25,26). The first-order chi connectivity index (χ1) is 15.3. The molecule has 0 radical (unpaired) electrons. The summed E-state index contributed by atoms with van der Waals surface area (Å²) in [6.07, 6.45) is 1.33. The number of hydrogen-bond acceptors (Lipinski definition) is 7. The monoisotopic (exact) mass is 443 g/mol. The van der Waals surface area contributed by atoms with Crippen molar-refractivity contribution in [1.82, 2.24) is 20.0 Å². The number of aliphatic hydroxyl groups excluding tert-OH is 1. The molecule has 2 fully saturated rings. The van der Waals surface area contributed by atoms with Crippen molar-refractivity contribution in [3.8, 4) is 0 Å². The van der Waals surface area contributed by atoms with Crippen molar-refractivity contribution in [3.05, 3.63) is 35.4 Å². The number of piperidine rings is 1. The highest BCUT2D eigenvalue weighted by molar-refractivity contribution is 5.82. The van der Waals surface area contributed by atoms with Crippen LogP contribution in [0.1, 0.15) is 44.7 Å². The van der Waals surface area contributed by atoms with Crippen LogP contribution in [0.5, 0.6) is 0 Å². The van der Waals surface area contributed by atoms with Crippen LogP contribution in [-0.4, -0.2) is 88.9 Å². The normalized spacial score (nSPS) is 22.5. The fourth-order valence-corrected chi connectivity index (χ4v) is 4.60. The Morgan fingerprint density at radius 3 is 2.59 bits per heavy atom. The van der Waals surface area contributed by atoms with E-state index in [4.69, 9.17) is 9.73 Å². The van der Waals surface area contributed by atoms with E-state index in [1.54, 1.807) is 4.90 Å². The average Bonchev–Trinajstić information content (AvgIpc) is 3.16. The molecule has 0 aliphatic carbocycles. The predicted molar refractivity (Wildman–Crippen MR) is 124 cm³/mol. The van der Waals surface area contributed by atoms with Gasteiger partial charge in [0.15, 0.2) is 5.96 Å². The van der Waals surface area contributed by atoms with Crippen LogP contribution >= 0.6 is 0 Å². The number of carbonyl (C=O) groups excluding carboxylic acids is 1. The van der Waals surface area contributed by atoms with Crippen LogP contribution in [0.2, 0.25) is 0 Å². The van der Waals surface area contributed by atoms with Gasteiger partial charge in [0.05, 0.1) is 18.7 Å². The first-order valence-corrected chi connectivity index (χ1v) is 11.8. The Labute approximate surface area is 191 Å². The molecule has 8 nitrogen and oxygen atoms in total. The summed E-state index contributed by atoms with van der Waals surface area (Å²) < 4.78 is 5.54. The van der Waals surface area contributed by atoms with Crippen molar-refractivity contribution >= 4 is 12.1 Å². The Balaban J connectivity index is 1.30. The lowest BCUT2D eigenvalue weighted by Gasteiger charge is -2.39. The Morgan fingerprint density at radius 1 is 1.16 bits per heavy atom. The van der Waals surface area contributed by atoms with E-state index in [-0.39, 0.29) is 18.2 Å². The van der Waals surface area contributed by atoms with Gasteiger partial charge in [0.2, 0.25) is 0 Å². The highest BCUT2D eigenvalue weighted by Crippen LogP contribution is 2.20. The number of guanidine groups is 1. The van der Waals surface area contributed by atoms with Crippen molar-refractivity contribution in [2.75, 3.05) is 39.3 Å². The van der Waals surface area contributed by atoms with E-state index in [1.807, 2.05) is 20.8 Å². The molecule has 1 aromatic carbocycles. The fourth-order valence-electron chi connectivity index (χ4n) is 4.60. The number of aliphatic imine (C=N–C) groups is 1. The van der Waals surface area contributed by atoms with E-state index in [1.165, 1.54) is 11.1 Å². The Morgan fingerprint density at radius 2 is 1.88 bits per heavy atom. The molecular formula is C24H37N5O3. The van der Waals surface area contributed by atoms with E-state index < -0.39 is 5.60 Å². The quantitative estimate of drug-likeness (QED) is 0.741. The minimum atomic E-state index is -0.478. The second kappa shape index (κ2) is 9.67. The van der Waals surface area contributed by atoms with E-state index in [0.717, 1.165) is 51.5 Å². The lowest BCUT2D eigenvalue weighted by Crippen LogP contribution is -2.57. The molecule has 4 rings (SSSR count). The summed E-state index contributed by atoms with van der Waals surface area (Å²) in [5.74, 6) is 0.926. The van der Waals surface area contributed by atoms with Crippen LogP contribution in [0.4, 0.5) is 4.79 Å². The molecule has 176 valence electrons. The molecule has 0 aromatic heterocycles. The highest BCUT2D eigenvalue weighted by atomic mass is 16.6. The molecule has 2 saturated heterocycles. The summed E-state index contributed by atoms with van der Waals surface area (Å²) in [6.45, 7) is 11.9. The Kier molecular flexibility index (Phi) is 6.90. The highest BCUT2D eigenvalue weighted by Gasteiger charge is 2.36. The molecule has 1 amide bonds. The number of hydrogen-bond donors (Lipinski definition) is 2. The molecule has 8 heteroatoms. The van der Waals surface area contributed by atoms with Gasteiger partial charge in [-0.2, -0.15) is 0 Å². The number of aliphatic hydroxyl groups is 1. The number of likely N-dealkylation sites (tertiary alicyclic amines) is 1. The van der Waals surface area contributed by atoms with Gasteiger partial charge in [0.1, 0.15) is 5.60 Å². The lowest BCUT2D eigenvalue weighted by molar-refractivity contribution is 0.0137. The molecule has 3 aliphatic rings. The molecule has 3 heterocycles. The first kappa shape index (κ1) is 22.9. The van der Waals surface area contributed by atoms with E-state index in [2.05, 4.69) is 39.4 Å². The maximum Gasteiger partial charge on any atom is 0.410 e. The number of carbonyl (C=O) groups is 1. The van der Waals surface area contributed by atoms with Gasteiger partial charge in [-0.3, -0.25) is 9.89 Å². The van der Waals surface area contributed by atoms with Gasteiger partial charge in [0, 0.05) is 45.8 Å². The molecule has 32 heavy (non-hydrogen) atoms. The summed E-state index contributed by atoms with van der Waals surface area (Å²) in [4.78, 5) is 23.7. The third-order valence-electron chi connectivity index (χ3n) is 6.36. The minimum absolute atomic E-state index is 0.146. The summed E-state index contributed by atoms with van der Waals surface area (Å²) in [5.41, 5.74) is 2.12. The zero-order valence-electron chi connectivity index (χ0n) is 19.6. The van der Waals surface area contributed by atoms with Crippen LogP contribution in [0, 0.1) is 0 Å². The lowest BCUT2D eigenvalue weighted by atomic mass is 10.0. The van der Waals surface area contributed by atoms with Crippen molar-refractivity contribution in [1.29, 1.82) is 0 Å². The number of fused-ring (bicyclic) bond motifs is 1. The number of amides is 1. The van der Waals surface area contributed by atoms with E-state index in [0.29, 0.717) is 19.6 Å². The maximum atomic E-state index is 12.4. The topological polar surface area (TPSA) is 80.6 Å². The van der Waals surface area contributed by atoms with E-state index >= 15 is 0 Å². The number of benzene rings is 1. The third kappa shape index (κ3) is 5.72. The van der Waals surface area contributed by atoms with Crippen LogP contribution in [-0.2, 0) is 17.8 Å². The summed E-state index contributed by atoms with van der Waals surface area (Å²) in [5, 5.41) is 13.3. The van der Waals surface area contributed by atoms with Crippen molar-refractivity contribution in [2.45, 2.75) is 64.4 Å². The van der Waals surface area contributed by atoms with Crippen LogP contribution < -0.4 is 5.32 Å². The van der Waals surface area contributed by atoms with Crippen molar-refractivity contribution in [2.24, 2.45) is 4.99 Å². The van der Waals surface area contributed by atoms with Gasteiger partial charge < -0.3 is 25.0 Å². The summed E-state index contributed by atoms with van der Waals surface area (Å²) in [6, 6.07) is 8.75. The van der Waals surface area contributed by atoms with Crippen LogP contribution in [0.25, 0.3) is 0 Å². The van der Waals surface area contributed by atoms with Gasteiger partial charge >= 0.3 is 6.09 Å². The third-order valence-corrected chi connectivity index (χ3v) is 6.36. The molecule has 1 unspecified atom stereocenters. The number of piperazine rings is 1. The van der Waals surface area contributed by atoms with Gasteiger partial charge in [-0.05, 0) is 44.7 Å². The first-order valence-electron chi connectivity index (χ1n) is 11.8. The zero-order chi connectivity index (χ0) is 22.7. The van der Waals surface area contributed by atoms with Gasteiger partial charge in [-0.15, -0.1) is 0 Å². The summed E-state index contributed by atoms with van der Waals surface area (Å²) in [7, 11) is 0. The fraction of sp³-hybridized carbons (Fsp3) is 0.667. The minimum Gasteiger partial charge on any atom is -0.444 e. The molecule has 1 atom stereocenters. The number of ether oxygens (including phenoxy) is 1. The van der Waals surface area contributed by atoms with Gasteiger partial charge in [-0.1, -0.05) is 24.3 Å². The molecule has 1 aromatic rings. The van der Waals surface area contributed by atoms with Gasteiger partial charge in [0.25, 0.3) is 0 Å². The molecule has 0 spiro atoms. The van der Waals surface area contributed by atoms with E-state index in [9.17, 15) is 9.90 Å². The van der Waals surface area contributed by atoms with Crippen molar-refractivity contribution in [3.63, 3.8) is 0 Å². The smallest absolute Gasteiger partial charge is 0.410 e. The maximum absolute atomic E-state index is 12.4. The molecular weight excluding hydrogens is 406 g/mol. The predicted octanol–water partition coefficient (Wildman–Crippen LogP) is 2.02. The average molecular weight is 444 g/mol. The SMILES string of the molecule is CC(C)(C)OC(=O)N1CCN2C(NCc3ccccc3CN3CCC(O)CC3)=NCC2C1. The number of rotatable bonds is 4. The second-order valence-electron chi connectivity index (χ2n) is 10.1. The Hall–Kier alpha value is -2.32. The van der Waals surface area contributed by atoms with Crippen molar-refractivity contribution < 1.29 is 14.6 Å². The molecule has 0 saturated carbocycles. The summed E-state index contributed by atoms with van der Waals surface area (Å²) >= 11 is 0. The second-order valence-corrected chi connectivity index (χ2v) is 10.1. The van der Waals surface area contributed by atoms with Crippen LogP contribution in [0.3, 0.4) is 0 Å². The largest absolute Gasteiger partial charge is 0.444 e. The van der Waals surface area contributed by atoms with Gasteiger partial charge in [-0.25, -0.2) is 4.79 Å². The number of nitrogens with zero attached hydrogens (tertiary/aromatic N) is 4.